The van der Waals surface area contributed by atoms with E-state index in [0.717, 1.165) is 138 Å². The molecule has 0 radical (unpaired) electrons. The molecule has 0 aliphatic heterocycles. The van der Waals surface area contributed by atoms with Crippen LogP contribution in [0.1, 0.15) is 0 Å². The zero-order chi connectivity index (χ0) is 53.8. The van der Waals surface area contributed by atoms with E-state index in [1.807, 2.05) is 36.4 Å². The molecule has 11 aromatic carbocycles. The molecular formula is C74H46N8. The lowest BCUT2D eigenvalue weighted by Crippen LogP contribution is -2.16. The maximum atomic E-state index is 6.38. The summed E-state index contributed by atoms with van der Waals surface area (Å²) in [6.45, 7) is 0. The molecule has 0 atom stereocenters. The number of para-hydroxylation sites is 8. The van der Waals surface area contributed by atoms with Crippen molar-refractivity contribution in [2.75, 3.05) is 0 Å². The van der Waals surface area contributed by atoms with E-state index in [2.05, 4.69) is 261 Å². The van der Waals surface area contributed by atoms with Crippen LogP contribution in [-0.4, -0.2) is 38.2 Å². The molecule has 0 unspecified atom stereocenters. The quantitative estimate of drug-likeness (QED) is 0.152. The number of benzene rings is 11. The van der Waals surface area contributed by atoms with Gasteiger partial charge in [-0.25, -0.2) is 19.9 Å². The molecule has 382 valence electrons. The van der Waals surface area contributed by atoms with E-state index in [-0.39, 0.29) is 0 Å². The highest BCUT2D eigenvalue weighted by atomic mass is 15.2. The van der Waals surface area contributed by atoms with Crippen molar-refractivity contribution in [3.05, 3.63) is 279 Å². The Morgan fingerprint density at radius 3 is 0.829 bits per heavy atom. The van der Waals surface area contributed by atoms with Crippen molar-refractivity contribution in [1.29, 1.82) is 0 Å². The van der Waals surface area contributed by atoms with Crippen molar-refractivity contribution < 1.29 is 0 Å². The Hall–Kier alpha value is -11.2. The van der Waals surface area contributed by atoms with Gasteiger partial charge in [0, 0.05) is 65.3 Å². The molecule has 0 amide bonds. The van der Waals surface area contributed by atoms with E-state index in [4.69, 9.17) is 19.9 Å². The molecule has 0 N–H and O–H groups in total. The van der Waals surface area contributed by atoms with E-state index in [1.54, 1.807) is 0 Å². The molecule has 0 spiro atoms. The fraction of sp³-hybridized carbons (Fsp3) is 0. The zero-order valence-electron chi connectivity index (χ0n) is 44.1. The highest BCUT2D eigenvalue weighted by molar-refractivity contribution is 6.16. The second-order valence-electron chi connectivity index (χ2n) is 20.9. The number of rotatable bonds is 8. The summed E-state index contributed by atoms with van der Waals surface area (Å²) >= 11 is 0. The van der Waals surface area contributed by atoms with E-state index < -0.39 is 0 Å². The molecule has 0 saturated carbocycles. The summed E-state index contributed by atoms with van der Waals surface area (Å²) in [7, 11) is 0. The fourth-order valence-electron chi connectivity index (χ4n) is 12.9. The van der Waals surface area contributed by atoms with Crippen LogP contribution in [0.5, 0.6) is 0 Å². The van der Waals surface area contributed by atoms with Gasteiger partial charge in [-0.15, -0.1) is 0 Å². The van der Waals surface area contributed by atoms with Crippen molar-refractivity contribution in [3.63, 3.8) is 0 Å². The van der Waals surface area contributed by atoms with Gasteiger partial charge in [-0.05, 0) is 54.6 Å². The number of hydrogen-bond donors (Lipinski definition) is 0. The van der Waals surface area contributed by atoms with Gasteiger partial charge in [-0.3, -0.25) is 4.57 Å². The van der Waals surface area contributed by atoms with Crippen molar-refractivity contribution in [3.8, 4) is 68.3 Å². The van der Waals surface area contributed by atoms with Crippen LogP contribution in [0.2, 0.25) is 0 Å². The lowest BCUT2D eigenvalue weighted by Gasteiger charge is -2.27. The van der Waals surface area contributed by atoms with E-state index >= 15 is 0 Å². The topological polar surface area (TPSA) is 71.3 Å². The SMILES string of the molecule is c1ccc(-c2nc(-c3ccccc3)nc(-c3cccc(-c4nc(-n5c6ccccc6c6ccccc65)c(-n5c6ccccc6c6ccccc65)c(-n5c6ccccc6c6ccccc65)c4-n4c5ccccc5c5ccccc54)c3)n2)cc1. The summed E-state index contributed by atoms with van der Waals surface area (Å²) in [6.07, 6.45) is 0. The predicted molar refractivity (Wildman–Crippen MR) is 337 cm³/mol. The first-order chi connectivity index (χ1) is 40.7. The van der Waals surface area contributed by atoms with Gasteiger partial charge in [0.05, 0.1) is 55.5 Å². The van der Waals surface area contributed by atoms with Gasteiger partial charge in [0.1, 0.15) is 11.4 Å². The average molecular weight is 1050 g/mol. The van der Waals surface area contributed by atoms with Crippen molar-refractivity contribution in [1.82, 2.24) is 38.2 Å². The van der Waals surface area contributed by atoms with E-state index in [1.165, 1.54) is 0 Å². The number of pyridine rings is 1. The van der Waals surface area contributed by atoms with Crippen molar-refractivity contribution in [2.24, 2.45) is 0 Å². The third-order valence-electron chi connectivity index (χ3n) is 16.4. The summed E-state index contributed by atoms with van der Waals surface area (Å²) in [6, 6.07) is 99.5. The first-order valence-electron chi connectivity index (χ1n) is 27.7. The lowest BCUT2D eigenvalue weighted by atomic mass is 10.0. The molecule has 0 aliphatic carbocycles. The van der Waals surface area contributed by atoms with Gasteiger partial charge >= 0.3 is 0 Å². The summed E-state index contributed by atoms with van der Waals surface area (Å²) in [5, 5.41) is 9.16. The van der Waals surface area contributed by atoms with Crippen LogP contribution in [0.4, 0.5) is 0 Å². The van der Waals surface area contributed by atoms with E-state index in [9.17, 15) is 0 Å². The standard InChI is InChI=1S/C74H46N8/c1-3-24-47(25-4-1)71-76-72(48-26-5-2-6-27-48)78-73(77-71)50-29-23-28-49(46-50)67-68(79-59-38-15-7-30-51(59)52-31-8-16-39-60(52)79)69(80-61-40-17-9-32-53(61)54-33-10-18-41-62(54)80)70(81-63-42-19-11-34-55(63)56-35-12-20-43-64(56)81)74(75-67)82-65-44-21-13-36-57(65)58-37-14-22-45-66(58)82/h1-46H. The lowest BCUT2D eigenvalue weighted by molar-refractivity contribution is 0.977. The van der Waals surface area contributed by atoms with Gasteiger partial charge in [0.15, 0.2) is 23.3 Å². The van der Waals surface area contributed by atoms with Gasteiger partial charge in [-0.2, -0.15) is 0 Å². The largest absolute Gasteiger partial charge is 0.305 e. The number of fused-ring (bicyclic) bond motifs is 12. The Balaban J connectivity index is 1.12. The Kier molecular flexibility index (Phi) is 10.1. The third kappa shape index (κ3) is 6.85. The van der Waals surface area contributed by atoms with Gasteiger partial charge in [-0.1, -0.05) is 224 Å². The van der Waals surface area contributed by atoms with Gasteiger partial charge < -0.3 is 13.7 Å². The predicted octanol–water partition coefficient (Wildman–Crippen LogP) is 18.3. The molecule has 82 heavy (non-hydrogen) atoms. The number of nitrogens with zero attached hydrogens (tertiary/aromatic N) is 8. The van der Waals surface area contributed by atoms with Crippen LogP contribution in [0, 0.1) is 0 Å². The molecule has 8 nitrogen and oxygen atoms in total. The minimum Gasteiger partial charge on any atom is -0.305 e. The van der Waals surface area contributed by atoms with Crippen molar-refractivity contribution >= 4 is 87.2 Å². The summed E-state index contributed by atoms with van der Waals surface area (Å²) in [5.41, 5.74) is 15.5. The molecule has 17 aromatic rings. The first-order valence-corrected chi connectivity index (χ1v) is 27.7. The van der Waals surface area contributed by atoms with Crippen LogP contribution in [0.25, 0.3) is 156 Å². The smallest absolute Gasteiger partial charge is 0.165 e. The Morgan fingerprint density at radius 1 is 0.195 bits per heavy atom. The summed E-state index contributed by atoms with van der Waals surface area (Å²) < 4.78 is 9.91. The minimum absolute atomic E-state index is 0.556. The van der Waals surface area contributed by atoms with Crippen molar-refractivity contribution in [2.45, 2.75) is 0 Å². The molecule has 6 aromatic heterocycles. The molecule has 8 heteroatoms. The van der Waals surface area contributed by atoms with Gasteiger partial charge in [0.25, 0.3) is 0 Å². The third-order valence-corrected chi connectivity index (χ3v) is 16.4. The monoisotopic (exact) mass is 1050 g/mol. The number of aromatic nitrogens is 8. The summed E-state index contributed by atoms with van der Waals surface area (Å²) in [5.74, 6) is 2.51. The number of hydrogen-bond acceptors (Lipinski definition) is 4. The Labute approximate surface area is 470 Å². The maximum absolute atomic E-state index is 6.38. The second-order valence-corrected chi connectivity index (χ2v) is 20.9. The van der Waals surface area contributed by atoms with Crippen LogP contribution < -0.4 is 0 Å². The van der Waals surface area contributed by atoms with Crippen LogP contribution >= 0.6 is 0 Å². The first kappa shape index (κ1) is 45.8. The Morgan fingerprint density at radius 2 is 0.463 bits per heavy atom. The summed E-state index contributed by atoms with van der Waals surface area (Å²) in [4.78, 5) is 22.0. The molecule has 6 heterocycles. The highest BCUT2D eigenvalue weighted by Gasteiger charge is 2.33. The zero-order valence-corrected chi connectivity index (χ0v) is 44.1. The second kappa shape index (κ2) is 18.2. The van der Waals surface area contributed by atoms with Gasteiger partial charge in [0.2, 0.25) is 0 Å². The fourth-order valence-corrected chi connectivity index (χ4v) is 12.9. The Bertz CT molecular complexity index is 5140. The molecule has 0 aliphatic rings. The molecule has 17 rings (SSSR count). The molecule has 0 saturated heterocycles. The minimum atomic E-state index is 0.556. The van der Waals surface area contributed by atoms with E-state index in [0.29, 0.717) is 17.5 Å². The maximum Gasteiger partial charge on any atom is 0.165 e. The van der Waals surface area contributed by atoms with Crippen LogP contribution in [-0.2, 0) is 0 Å². The molecular weight excluding hydrogens is 1000 g/mol. The molecule has 0 fully saturated rings. The average Bonchev–Trinajstić information content (AvgIpc) is 2.90. The molecule has 0 bridgehead atoms. The van der Waals surface area contributed by atoms with Crippen LogP contribution in [0.3, 0.4) is 0 Å². The van der Waals surface area contributed by atoms with Crippen LogP contribution in [0.15, 0.2) is 279 Å². The highest BCUT2D eigenvalue weighted by Crippen LogP contribution is 2.49. The normalized spacial score (nSPS) is 11.9.